The Kier molecular flexibility index (Phi) is 4.85. The van der Waals surface area contributed by atoms with Gasteiger partial charge in [0.15, 0.2) is 5.52 Å². The molecule has 0 saturated carbocycles. The number of ether oxygens (including phenoxy) is 1. The number of hydrogen-bond donors (Lipinski definition) is 1. The molecular weight excluding hydrogens is 282 g/mol. The van der Waals surface area contributed by atoms with Crippen molar-refractivity contribution < 1.29 is 14.3 Å². The number of non-ortho nitro benzene ring substituents is 1. The molecule has 1 aromatic carbocycles. The first-order chi connectivity index (χ1) is 10.2. The standard InChI is InChI=1S/C10H11N7O4/c11-16-13-4-6-20-5-3-12-7-1-2-8(17(18)19)10-9(7)14-21-15-10/h1-2,12H,3-6H2. The minimum atomic E-state index is -0.546. The van der Waals surface area contributed by atoms with Crippen molar-refractivity contribution in [3.05, 3.63) is 32.7 Å². The van der Waals surface area contributed by atoms with Crippen LogP contribution in [0.4, 0.5) is 11.4 Å². The summed E-state index contributed by atoms with van der Waals surface area (Å²) in [5.41, 5.74) is 8.86. The molecule has 1 N–H and O–H groups in total. The van der Waals surface area contributed by atoms with Crippen LogP contribution in [0.1, 0.15) is 0 Å². The van der Waals surface area contributed by atoms with Crippen molar-refractivity contribution >= 4 is 22.4 Å². The Labute approximate surface area is 117 Å². The van der Waals surface area contributed by atoms with Gasteiger partial charge in [-0.05, 0) is 21.9 Å². The van der Waals surface area contributed by atoms with E-state index in [1.807, 2.05) is 0 Å². The third kappa shape index (κ3) is 3.55. The van der Waals surface area contributed by atoms with Crippen molar-refractivity contribution in [1.29, 1.82) is 0 Å². The number of nitro benzene ring substituents is 1. The van der Waals surface area contributed by atoms with Crippen LogP contribution in [0.2, 0.25) is 0 Å². The monoisotopic (exact) mass is 293 g/mol. The summed E-state index contributed by atoms with van der Waals surface area (Å²) < 4.78 is 9.76. The Bertz CT molecular complexity index is 679. The highest BCUT2D eigenvalue weighted by Crippen LogP contribution is 2.28. The average molecular weight is 293 g/mol. The van der Waals surface area contributed by atoms with E-state index in [0.29, 0.717) is 31.0 Å². The maximum absolute atomic E-state index is 10.8. The van der Waals surface area contributed by atoms with Gasteiger partial charge in [-0.1, -0.05) is 5.11 Å². The second kappa shape index (κ2) is 7.03. The van der Waals surface area contributed by atoms with Gasteiger partial charge >= 0.3 is 5.69 Å². The van der Waals surface area contributed by atoms with Gasteiger partial charge in [0.2, 0.25) is 5.52 Å². The van der Waals surface area contributed by atoms with Crippen LogP contribution < -0.4 is 5.32 Å². The Morgan fingerprint density at radius 2 is 2.24 bits per heavy atom. The van der Waals surface area contributed by atoms with E-state index in [1.165, 1.54) is 12.1 Å². The first-order valence-electron chi connectivity index (χ1n) is 5.96. The van der Waals surface area contributed by atoms with Crippen LogP contribution >= 0.6 is 0 Å². The molecule has 0 fully saturated rings. The highest BCUT2D eigenvalue weighted by Gasteiger charge is 2.19. The van der Waals surface area contributed by atoms with Gasteiger partial charge in [0, 0.05) is 24.1 Å². The van der Waals surface area contributed by atoms with Crippen LogP contribution in [0, 0.1) is 10.1 Å². The SMILES string of the molecule is [N-]=[N+]=NCCOCCNc1ccc([N+](=O)[O-])c2nonc12. The van der Waals surface area contributed by atoms with Crippen molar-refractivity contribution in [2.75, 3.05) is 31.6 Å². The Morgan fingerprint density at radius 3 is 3.00 bits per heavy atom. The zero-order valence-electron chi connectivity index (χ0n) is 10.8. The predicted molar refractivity (Wildman–Crippen MR) is 71.8 cm³/mol. The van der Waals surface area contributed by atoms with Crippen LogP contribution in [0.25, 0.3) is 21.5 Å². The number of nitro groups is 1. The molecule has 110 valence electrons. The smallest absolute Gasteiger partial charge is 0.300 e. The Hall–Kier alpha value is -2.91. The molecule has 0 bridgehead atoms. The molecule has 21 heavy (non-hydrogen) atoms. The fraction of sp³-hybridized carbons (Fsp3) is 0.400. The number of hydrogen-bond acceptors (Lipinski definition) is 8. The molecule has 2 rings (SSSR count). The van der Waals surface area contributed by atoms with Gasteiger partial charge in [-0.15, -0.1) is 0 Å². The molecule has 0 aliphatic rings. The van der Waals surface area contributed by atoms with E-state index in [0.717, 1.165) is 0 Å². The number of rotatable bonds is 8. The molecule has 2 aromatic rings. The number of nitrogens with one attached hydrogen (secondary N) is 1. The molecule has 0 amide bonds. The van der Waals surface area contributed by atoms with Crippen molar-refractivity contribution in [1.82, 2.24) is 10.3 Å². The number of anilines is 1. The molecule has 0 saturated heterocycles. The van der Waals surface area contributed by atoms with E-state index in [1.54, 1.807) is 0 Å². The summed E-state index contributed by atoms with van der Waals surface area (Å²) in [5.74, 6) is 0. The average Bonchev–Trinajstić information content (AvgIpc) is 2.95. The van der Waals surface area contributed by atoms with Gasteiger partial charge in [-0.25, -0.2) is 4.63 Å². The lowest BCUT2D eigenvalue weighted by molar-refractivity contribution is -0.383. The molecule has 1 aromatic heterocycles. The van der Waals surface area contributed by atoms with Crippen LogP contribution in [-0.4, -0.2) is 41.5 Å². The Balaban J connectivity index is 1.94. The molecular formula is C10H11N7O4. The van der Waals surface area contributed by atoms with Crippen molar-refractivity contribution in [3.63, 3.8) is 0 Å². The zero-order valence-corrected chi connectivity index (χ0v) is 10.8. The highest BCUT2D eigenvalue weighted by atomic mass is 16.6. The summed E-state index contributed by atoms with van der Waals surface area (Å²) >= 11 is 0. The fourth-order valence-electron chi connectivity index (χ4n) is 1.65. The van der Waals surface area contributed by atoms with E-state index < -0.39 is 4.92 Å². The van der Waals surface area contributed by atoms with Gasteiger partial charge < -0.3 is 10.1 Å². The van der Waals surface area contributed by atoms with Gasteiger partial charge in [0.1, 0.15) is 0 Å². The molecule has 11 heteroatoms. The van der Waals surface area contributed by atoms with E-state index in [-0.39, 0.29) is 17.7 Å². The zero-order chi connectivity index (χ0) is 15.1. The molecule has 11 nitrogen and oxygen atoms in total. The molecule has 0 unspecified atom stereocenters. The third-order valence-corrected chi connectivity index (χ3v) is 2.55. The van der Waals surface area contributed by atoms with Crippen molar-refractivity contribution in [2.24, 2.45) is 5.11 Å². The maximum atomic E-state index is 10.8. The van der Waals surface area contributed by atoms with E-state index >= 15 is 0 Å². The second-order valence-electron chi connectivity index (χ2n) is 3.84. The molecule has 0 atom stereocenters. The minimum absolute atomic E-state index is 0.0919. The fourth-order valence-corrected chi connectivity index (χ4v) is 1.65. The number of benzene rings is 1. The van der Waals surface area contributed by atoms with E-state index in [2.05, 4.69) is 30.3 Å². The number of fused-ring (bicyclic) bond motifs is 1. The van der Waals surface area contributed by atoms with Crippen molar-refractivity contribution in [3.8, 4) is 0 Å². The lowest BCUT2D eigenvalue weighted by Gasteiger charge is -2.06. The van der Waals surface area contributed by atoms with Gasteiger partial charge in [-0.2, -0.15) is 0 Å². The molecule has 1 heterocycles. The number of aromatic nitrogens is 2. The summed E-state index contributed by atoms with van der Waals surface area (Å²) in [6, 6.07) is 2.86. The maximum Gasteiger partial charge on any atom is 0.300 e. The lowest BCUT2D eigenvalue weighted by Crippen LogP contribution is -2.11. The van der Waals surface area contributed by atoms with E-state index in [4.69, 9.17) is 10.3 Å². The number of nitrogens with zero attached hydrogens (tertiary/aromatic N) is 6. The summed E-state index contributed by atoms with van der Waals surface area (Å²) in [5, 5.41) is 24.4. The normalized spacial score (nSPS) is 10.3. The van der Waals surface area contributed by atoms with Crippen molar-refractivity contribution in [2.45, 2.75) is 0 Å². The summed E-state index contributed by atoms with van der Waals surface area (Å²) in [7, 11) is 0. The Morgan fingerprint density at radius 1 is 1.43 bits per heavy atom. The van der Waals surface area contributed by atoms with Gasteiger partial charge in [-0.3, -0.25) is 10.1 Å². The van der Waals surface area contributed by atoms with Gasteiger partial charge in [0.25, 0.3) is 0 Å². The van der Waals surface area contributed by atoms with Crippen LogP contribution in [-0.2, 0) is 4.74 Å². The van der Waals surface area contributed by atoms with Crippen LogP contribution in [0.3, 0.4) is 0 Å². The summed E-state index contributed by atoms with van der Waals surface area (Å²) in [6.07, 6.45) is 0. The molecule has 0 spiro atoms. The topological polar surface area (TPSA) is 152 Å². The molecule has 0 aliphatic heterocycles. The van der Waals surface area contributed by atoms with Crippen LogP contribution in [0.15, 0.2) is 21.9 Å². The largest absolute Gasteiger partial charge is 0.381 e. The predicted octanol–water partition coefficient (Wildman–Crippen LogP) is 1.87. The minimum Gasteiger partial charge on any atom is -0.381 e. The quantitative estimate of drug-likeness (QED) is 0.194. The van der Waals surface area contributed by atoms with Crippen LogP contribution in [0.5, 0.6) is 0 Å². The van der Waals surface area contributed by atoms with Gasteiger partial charge in [0.05, 0.1) is 23.8 Å². The first-order valence-corrected chi connectivity index (χ1v) is 5.96. The third-order valence-electron chi connectivity index (χ3n) is 2.55. The lowest BCUT2D eigenvalue weighted by atomic mass is 10.2. The molecule has 0 radical (unpaired) electrons. The first kappa shape index (κ1) is 14.5. The highest BCUT2D eigenvalue weighted by molar-refractivity contribution is 5.93. The van der Waals surface area contributed by atoms with E-state index in [9.17, 15) is 10.1 Å². The number of azide groups is 1. The molecule has 0 aliphatic carbocycles. The second-order valence-corrected chi connectivity index (χ2v) is 3.84. The summed E-state index contributed by atoms with van der Waals surface area (Å²) in [6.45, 7) is 1.43. The summed E-state index contributed by atoms with van der Waals surface area (Å²) in [4.78, 5) is 12.9.